The molecule has 0 rings (SSSR count). The lowest BCUT2D eigenvalue weighted by Gasteiger charge is -2.34. The van der Waals surface area contributed by atoms with Gasteiger partial charge in [0, 0.05) is 14.2 Å². The van der Waals surface area contributed by atoms with Crippen LogP contribution in [-0.4, -0.2) is 36.0 Å². The predicted molar refractivity (Wildman–Crippen MR) is 35.3 cm³/mol. The smallest absolute Gasteiger partial charge is 0.309 e. The summed E-state index contributed by atoms with van der Waals surface area (Å²) >= 11 is 0. The Morgan fingerprint density at radius 3 is 1.30 bits per heavy atom. The standard InChI is InChI=1S/C6H14O4/c1-5(2,7)6(8,9-3)10-4/h7-8H,1-4H3. The van der Waals surface area contributed by atoms with Gasteiger partial charge in [-0.1, -0.05) is 0 Å². The van der Waals surface area contributed by atoms with E-state index >= 15 is 0 Å². The molecule has 0 aromatic heterocycles. The van der Waals surface area contributed by atoms with Crippen LogP contribution in [0.2, 0.25) is 0 Å². The van der Waals surface area contributed by atoms with E-state index in [1.807, 2.05) is 0 Å². The van der Waals surface area contributed by atoms with Crippen molar-refractivity contribution in [1.29, 1.82) is 0 Å². The van der Waals surface area contributed by atoms with Crippen LogP contribution in [0.3, 0.4) is 0 Å². The molecule has 0 spiro atoms. The largest absolute Gasteiger partial charge is 0.382 e. The summed E-state index contributed by atoms with van der Waals surface area (Å²) in [6, 6.07) is 0. The van der Waals surface area contributed by atoms with E-state index in [9.17, 15) is 10.2 Å². The van der Waals surface area contributed by atoms with Crippen molar-refractivity contribution >= 4 is 0 Å². The highest BCUT2D eigenvalue weighted by atomic mass is 16.8. The molecule has 62 valence electrons. The molecule has 0 aromatic carbocycles. The van der Waals surface area contributed by atoms with Gasteiger partial charge >= 0.3 is 5.97 Å². The third-order valence-corrected chi connectivity index (χ3v) is 1.33. The lowest BCUT2D eigenvalue weighted by molar-refractivity contribution is -0.402. The highest BCUT2D eigenvalue weighted by Crippen LogP contribution is 2.22. The number of aliphatic hydroxyl groups is 2. The van der Waals surface area contributed by atoms with Crippen molar-refractivity contribution in [3.05, 3.63) is 0 Å². The molecule has 0 fully saturated rings. The summed E-state index contributed by atoms with van der Waals surface area (Å²) < 4.78 is 9.07. The third-order valence-electron chi connectivity index (χ3n) is 1.33. The van der Waals surface area contributed by atoms with Crippen LogP contribution in [0.1, 0.15) is 13.8 Å². The molecule has 0 aliphatic heterocycles. The van der Waals surface area contributed by atoms with Crippen molar-refractivity contribution in [1.82, 2.24) is 0 Å². The number of rotatable bonds is 3. The zero-order valence-electron chi connectivity index (χ0n) is 6.71. The highest BCUT2D eigenvalue weighted by Gasteiger charge is 2.43. The third kappa shape index (κ3) is 1.67. The Morgan fingerprint density at radius 2 is 1.30 bits per heavy atom. The van der Waals surface area contributed by atoms with Crippen LogP contribution < -0.4 is 0 Å². The second-order valence-corrected chi connectivity index (χ2v) is 2.55. The molecule has 0 atom stereocenters. The van der Waals surface area contributed by atoms with Crippen LogP contribution in [0.4, 0.5) is 0 Å². The molecule has 0 amide bonds. The van der Waals surface area contributed by atoms with Crippen molar-refractivity contribution in [3.8, 4) is 0 Å². The van der Waals surface area contributed by atoms with E-state index in [4.69, 9.17) is 0 Å². The molecule has 0 aliphatic rings. The molecule has 4 heteroatoms. The minimum Gasteiger partial charge on any atom is -0.382 e. The predicted octanol–water partition coefficient (Wildman–Crippen LogP) is -0.304. The highest BCUT2D eigenvalue weighted by molar-refractivity contribution is 4.76. The van der Waals surface area contributed by atoms with E-state index in [0.29, 0.717) is 0 Å². The Labute approximate surface area is 60.4 Å². The maximum Gasteiger partial charge on any atom is 0.309 e. The van der Waals surface area contributed by atoms with Gasteiger partial charge < -0.3 is 19.7 Å². The molecule has 0 heterocycles. The van der Waals surface area contributed by atoms with Gasteiger partial charge in [-0.15, -0.1) is 0 Å². The Kier molecular flexibility index (Phi) is 2.79. The summed E-state index contributed by atoms with van der Waals surface area (Å²) in [5, 5.41) is 18.5. The second kappa shape index (κ2) is 2.84. The van der Waals surface area contributed by atoms with Gasteiger partial charge in [-0.25, -0.2) is 0 Å². The Balaban J connectivity index is 4.33. The fraction of sp³-hybridized carbons (Fsp3) is 1.00. The second-order valence-electron chi connectivity index (χ2n) is 2.55. The molecule has 0 saturated carbocycles. The fourth-order valence-electron chi connectivity index (χ4n) is 0.583. The summed E-state index contributed by atoms with van der Waals surface area (Å²) in [6.45, 7) is 2.78. The molecular weight excluding hydrogens is 136 g/mol. The molecular formula is C6H14O4. The van der Waals surface area contributed by atoms with Crippen LogP contribution in [0.25, 0.3) is 0 Å². The Bertz CT molecular complexity index is 101. The lowest BCUT2D eigenvalue weighted by atomic mass is 10.1. The first-order chi connectivity index (χ1) is 4.37. The Morgan fingerprint density at radius 1 is 1.00 bits per heavy atom. The van der Waals surface area contributed by atoms with Gasteiger partial charge in [-0.05, 0) is 13.8 Å². The van der Waals surface area contributed by atoms with Crippen LogP contribution in [0, 0.1) is 0 Å². The maximum absolute atomic E-state index is 9.27. The van der Waals surface area contributed by atoms with Gasteiger partial charge in [0.2, 0.25) is 0 Å². The maximum atomic E-state index is 9.27. The SMILES string of the molecule is COC(O)(OC)C(C)(C)O. The van der Waals surface area contributed by atoms with E-state index in [0.717, 1.165) is 0 Å². The first-order valence-electron chi connectivity index (χ1n) is 2.92. The summed E-state index contributed by atoms with van der Waals surface area (Å²) in [7, 11) is 2.50. The van der Waals surface area contributed by atoms with Crippen LogP contribution in [0.15, 0.2) is 0 Å². The average molecular weight is 150 g/mol. The lowest BCUT2D eigenvalue weighted by Crippen LogP contribution is -2.53. The van der Waals surface area contributed by atoms with Gasteiger partial charge in [0.25, 0.3) is 0 Å². The van der Waals surface area contributed by atoms with E-state index in [1.165, 1.54) is 28.1 Å². The zero-order chi connectivity index (χ0) is 8.41. The molecule has 0 bridgehead atoms. The average Bonchev–Trinajstić information content (AvgIpc) is 1.84. The summed E-state index contributed by atoms with van der Waals surface area (Å²) in [4.78, 5) is 0. The van der Waals surface area contributed by atoms with Crippen molar-refractivity contribution in [2.45, 2.75) is 25.4 Å². The van der Waals surface area contributed by atoms with Gasteiger partial charge in [0.05, 0.1) is 0 Å². The zero-order valence-corrected chi connectivity index (χ0v) is 6.71. The minimum atomic E-state index is -1.92. The molecule has 10 heavy (non-hydrogen) atoms. The minimum absolute atomic E-state index is 1.25. The van der Waals surface area contributed by atoms with Crippen molar-refractivity contribution in [2.24, 2.45) is 0 Å². The number of methoxy groups -OCH3 is 2. The molecule has 0 radical (unpaired) electrons. The quantitative estimate of drug-likeness (QED) is 0.542. The Hall–Kier alpha value is -0.160. The topological polar surface area (TPSA) is 58.9 Å². The first-order valence-corrected chi connectivity index (χ1v) is 2.92. The van der Waals surface area contributed by atoms with Crippen LogP contribution >= 0.6 is 0 Å². The molecule has 0 saturated heterocycles. The molecule has 0 aliphatic carbocycles. The summed E-state index contributed by atoms with van der Waals surface area (Å²) in [6.07, 6.45) is 0. The van der Waals surface area contributed by atoms with Crippen LogP contribution in [0.5, 0.6) is 0 Å². The van der Waals surface area contributed by atoms with Gasteiger partial charge in [-0.3, -0.25) is 0 Å². The number of hydrogen-bond donors (Lipinski definition) is 2. The van der Waals surface area contributed by atoms with E-state index in [-0.39, 0.29) is 0 Å². The van der Waals surface area contributed by atoms with Gasteiger partial charge in [-0.2, -0.15) is 0 Å². The molecule has 0 aromatic rings. The summed E-state index contributed by atoms with van der Waals surface area (Å²) in [5.74, 6) is -1.92. The van der Waals surface area contributed by atoms with Gasteiger partial charge in [0.1, 0.15) is 5.60 Å². The van der Waals surface area contributed by atoms with E-state index < -0.39 is 11.6 Å². The molecule has 4 nitrogen and oxygen atoms in total. The van der Waals surface area contributed by atoms with Gasteiger partial charge in [0.15, 0.2) is 0 Å². The summed E-state index contributed by atoms with van der Waals surface area (Å²) in [5.41, 5.74) is -1.43. The number of hydrogen-bond acceptors (Lipinski definition) is 4. The van der Waals surface area contributed by atoms with Crippen molar-refractivity contribution < 1.29 is 19.7 Å². The van der Waals surface area contributed by atoms with Crippen molar-refractivity contribution in [2.75, 3.05) is 14.2 Å². The monoisotopic (exact) mass is 150 g/mol. The van der Waals surface area contributed by atoms with Crippen molar-refractivity contribution in [3.63, 3.8) is 0 Å². The fourth-order valence-corrected chi connectivity index (χ4v) is 0.583. The molecule has 0 unspecified atom stereocenters. The number of ether oxygens (including phenoxy) is 2. The van der Waals surface area contributed by atoms with E-state index in [1.54, 1.807) is 0 Å². The van der Waals surface area contributed by atoms with E-state index in [2.05, 4.69) is 9.47 Å². The normalized spacial score (nSPS) is 13.8. The van der Waals surface area contributed by atoms with Crippen LogP contribution in [-0.2, 0) is 9.47 Å². The molecule has 2 N–H and O–H groups in total. The first kappa shape index (κ1) is 9.84.